The number of amides is 2. The lowest BCUT2D eigenvalue weighted by atomic mass is 9.87. The van der Waals surface area contributed by atoms with E-state index in [0.717, 1.165) is 48.2 Å². The van der Waals surface area contributed by atoms with E-state index in [1.807, 2.05) is 24.3 Å². The molecule has 0 bridgehead atoms. The van der Waals surface area contributed by atoms with E-state index in [4.69, 9.17) is 9.47 Å². The van der Waals surface area contributed by atoms with Crippen molar-refractivity contribution < 1.29 is 19.1 Å². The van der Waals surface area contributed by atoms with Crippen molar-refractivity contribution in [1.82, 2.24) is 5.32 Å². The third-order valence-electron chi connectivity index (χ3n) is 7.33. The first-order valence-electron chi connectivity index (χ1n) is 13.2. The average molecular weight is 523 g/mol. The maximum absolute atomic E-state index is 11.8. The molecule has 0 spiro atoms. The molecular weight excluding hydrogens is 484 g/mol. The molecule has 1 atom stereocenters. The summed E-state index contributed by atoms with van der Waals surface area (Å²) in [7, 11) is 0. The maximum atomic E-state index is 11.8. The third kappa shape index (κ3) is 6.32. The van der Waals surface area contributed by atoms with Gasteiger partial charge in [0.25, 0.3) is 11.1 Å². The summed E-state index contributed by atoms with van der Waals surface area (Å²) in [5, 5.41) is 5.64. The van der Waals surface area contributed by atoms with Gasteiger partial charge in [0, 0.05) is 12.2 Å². The normalized spacial score (nSPS) is 20.0. The highest BCUT2D eigenvalue weighted by Crippen LogP contribution is 2.43. The van der Waals surface area contributed by atoms with Crippen molar-refractivity contribution in [2.75, 3.05) is 18.5 Å². The molecule has 2 aliphatic rings. The summed E-state index contributed by atoms with van der Waals surface area (Å²) in [4.78, 5) is 23.5. The zero-order chi connectivity index (χ0) is 26.6. The number of carbonyl (C=O) groups excluding carboxylic acids is 2. The molecule has 2 aromatic rings. The molecular formula is C30H38N2O4S. The van der Waals surface area contributed by atoms with Crippen LogP contribution >= 0.6 is 11.8 Å². The monoisotopic (exact) mass is 522 g/mol. The summed E-state index contributed by atoms with van der Waals surface area (Å²) in [5.41, 5.74) is 6.75. The van der Waals surface area contributed by atoms with E-state index in [1.54, 1.807) is 6.08 Å². The van der Waals surface area contributed by atoms with Crippen LogP contribution in [0.1, 0.15) is 73.8 Å². The predicted molar refractivity (Wildman–Crippen MR) is 152 cm³/mol. The Kier molecular flexibility index (Phi) is 8.53. The topological polar surface area (TPSA) is 76.7 Å². The van der Waals surface area contributed by atoms with Crippen molar-refractivity contribution in [3.8, 4) is 11.5 Å². The van der Waals surface area contributed by atoms with Gasteiger partial charge in [-0.3, -0.25) is 14.9 Å². The molecule has 2 aliphatic heterocycles. The summed E-state index contributed by atoms with van der Waals surface area (Å²) < 4.78 is 12.8. The number of unbranched alkanes of at least 4 members (excludes halogenated alkanes) is 3. The molecule has 1 unspecified atom stereocenters. The number of carbonyl (C=O) groups is 2. The summed E-state index contributed by atoms with van der Waals surface area (Å²) >= 11 is 0.916. The summed E-state index contributed by atoms with van der Waals surface area (Å²) in [6.45, 7) is 12.4. The van der Waals surface area contributed by atoms with Crippen molar-refractivity contribution in [1.29, 1.82) is 0 Å². The van der Waals surface area contributed by atoms with Crippen LogP contribution in [-0.2, 0) is 11.2 Å². The Morgan fingerprint density at radius 2 is 1.84 bits per heavy atom. The lowest BCUT2D eigenvalue weighted by molar-refractivity contribution is -0.115. The number of anilines is 1. The Labute approximate surface area is 224 Å². The fourth-order valence-electron chi connectivity index (χ4n) is 4.91. The van der Waals surface area contributed by atoms with Crippen molar-refractivity contribution in [3.05, 3.63) is 57.0 Å². The molecule has 2 aromatic carbocycles. The lowest BCUT2D eigenvalue weighted by Crippen LogP contribution is -2.42. The van der Waals surface area contributed by atoms with Gasteiger partial charge in [0.1, 0.15) is 23.7 Å². The fraction of sp³-hybridized carbons (Fsp3) is 0.467. The second-order valence-electron chi connectivity index (χ2n) is 10.3. The Morgan fingerprint density at radius 3 is 2.51 bits per heavy atom. The Hall–Kier alpha value is -2.93. The van der Waals surface area contributed by atoms with Gasteiger partial charge in [-0.25, -0.2) is 0 Å². The number of benzene rings is 2. The maximum Gasteiger partial charge on any atom is 0.290 e. The van der Waals surface area contributed by atoms with Gasteiger partial charge in [0.15, 0.2) is 0 Å². The van der Waals surface area contributed by atoms with Crippen LogP contribution in [0.25, 0.3) is 6.08 Å². The molecule has 0 aliphatic carbocycles. The molecule has 0 radical (unpaired) electrons. The van der Waals surface area contributed by atoms with Crippen molar-refractivity contribution >= 4 is 34.7 Å². The Balaban J connectivity index is 1.40. The number of hydrogen-bond donors (Lipinski definition) is 2. The quantitative estimate of drug-likeness (QED) is 0.256. The van der Waals surface area contributed by atoms with E-state index in [1.165, 1.54) is 53.6 Å². The minimum atomic E-state index is -0.425. The smallest absolute Gasteiger partial charge is 0.290 e. The van der Waals surface area contributed by atoms with E-state index in [0.29, 0.717) is 11.5 Å². The van der Waals surface area contributed by atoms with Crippen molar-refractivity contribution in [3.63, 3.8) is 0 Å². The van der Waals surface area contributed by atoms with Crippen LogP contribution in [0.15, 0.2) is 29.2 Å². The number of fused-ring (bicyclic) bond motifs is 1. The number of ether oxygens (including phenoxy) is 2. The van der Waals surface area contributed by atoms with Gasteiger partial charge in [0.05, 0.1) is 4.91 Å². The van der Waals surface area contributed by atoms with Crippen LogP contribution in [0.2, 0.25) is 0 Å². The van der Waals surface area contributed by atoms with Crippen LogP contribution in [0.5, 0.6) is 11.5 Å². The van der Waals surface area contributed by atoms with E-state index in [9.17, 15) is 9.59 Å². The first-order chi connectivity index (χ1) is 17.7. The van der Waals surface area contributed by atoms with Crippen LogP contribution in [0.4, 0.5) is 10.5 Å². The second-order valence-corrected chi connectivity index (χ2v) is 11.3. The van der Waals surface area contributed by atoms with Gasteiger partial charge in [0.2, 0.25) is 0 Å². The fourth-order valence-corrected chi connectivity index (χ4v) is 5.60. The molecule has 6 nitrogen and oxygen atoms in total. The van der Waals surface area contributed by atoms with Gasteiger partial charge < -0.3 is 14.8 Å². The van der Waals surface area contributed by atoms with Gasteiger partial charge in [-0.15, -0.1) is 0 Å². The zero-order valence-corrected chi connectivity index (χ0v) is 23.4. The van der Waals surface area contributed by atoms with Gasteiger partial charge in [-0.1, -0.05) is 38.3 Å². The van der Waals surface area contributed by atoms with Crippen LogP contribution in [-0.4, -0.2) is 29.9 Å². The summed E-state index contributed by atoms with van der Waals surface area (Å²) in [6.07, 6.45) is 8.55. The third-order valence-corrected chi connectivity index (χ3v) is 8.14. The molecule has 1 fully saturated rings. The van der Waals surface area contributed by atoms with E-state index in [-0.39, 0.29) is 11.1 Å². The molecule has 37 heavy (non-hydrogen) atoms. The number of hydrogen-bond acceptors (Lipinski definition) is 6. The van der Waals surface area contributed by atoms with Gasteiger partial charge >= 0.3 is 0 Å². The minimum Gasteiger partial charge on any atom is -0.489 e. The largest absolute Gasteiger partial charge is 0.489 e. The lowest BCUT2D eigenvalue weighted by Gasteiger charge is -2.38. The number of imide groups is 1. The number of rotatable bonds is 10. The first-order valence-corrected chi connectivity index (χ1v) is 14.1. The highest BCUT2D eigenvalue weighted by Gasteiger charge is 2.35. The van der Waals surface area contributed by atoms with E-state index in [2.05, 4.69) is 45.3 Å². The van der Waals surface area contributed by atoms with Gasteiger partial charge in [-0.2, -0.15) is 0 Å². The highest BCUT2D eigenvalue weighted by molar-refractivity contribution is 8.18. The van der Waals surface area contributed by atoms with Crippen LogP contribution in [0.3, 0.4) is 0 Å². The molecule has 4 rings (SSSR count). The van der Waals surface area contributed by atoms with E-state index >= 15 is 0 Å². The Morgan fingerprint density at radius 1 is 1.08 bits per heavy atom. The number of thioether (sulfide) groups is 1. The summed E-state index contributed by atoms with van der Waals surface area (Å²) in [5.74, 6) is 1.39. The van der Waals surface area contributed by atoms with Crippen LogP contribution in [0, 0.1) is 20.8 Å². The van der Waals surface area contributed by atoms with Crippen molar-refractivity contribution in [2.45, 2.75) is 78.7 Å². The SMILES string of the molecule is CCCCCCNc1c(C)c(C)c2c(c1C)CCC(C)(COc1ccc(/C=C3\SC(=O)NC3=O)cc1)O2. The molecule has 2 heterocycles. The highest BCUT2D eigenvalue weighted by atomic mass is 32.2. The zero-order valence-electron chi connectivity index (χ0n) is 22.6. The second kappa shape index (κ2) is 11.6. The molecule has 2 N–H and O–H groups in total. The van der Waals surface area contributed by atoms with E-state index < -0.39 is 5.60 Å². The molecule has 0 aromatic heterocycles. The Bertz CT molecular complexity index is 1210. The first kappa shape index (κ1) is 27.1. The molecule has 2 amide bonds. The summed E-state index contributed by atoms with van der Waals surface area (Å²) in [6, 6.07) is 7.52. The average Bonchev–Trinajstić information content (AvgIpc) is 3.20. The molecule has 1 saturated heterocycles. The van der Waals surface area contributed by atoms with Gasteiger partial charge in [-0.05, 0) is 105 Å². The predicted octanol–water partition coefficient (Wildman–Crippen LogP) is 7.09. The minimum absolute atomic E-state index is 0.339. The molecule has 0 saturated carbocycles. The molecule has 7 heteroatoms. The van der Waals surface area contributed by atoms with Crippen LogP contribution < -0.4 is 20.1 Å². The standard InChI is InChI=1S/C30H38N2O4S/c1-6-7-8-9-16-31-26-19(2)20(3)27-24(21(26)4)14-15-30(5,36-27)18-35-23-12-10-22(11-13-23)17-25-28(33)32-29(34)37-25/h10-13,17,31H,6-9,14-16,18H2,1-5H3,(H,32,33,34)/b25-17-. The van der Waals surface area contributed by atoms with Crippen molar-refractivity contribution in [2.24, 2.45) is 0 Å². The number of nitrogens with one attached hydrogen (secondary N) is 2. The molecule has 198 valence electrons.